The zero-order valence-electron chi connectivity index (χ0n) is 26.8. The van der Waals surface area contributed by atoms with Crippen molar-refractivity contribution in [1.29, 1.82) is 0 Å². The molecule has 258 valence electrons. The van der Waals surface area contributed by atoms with E-state index in [9.17, 15) is 26.4 Å². The third kappa shape index (κ3) is 5.82. The second-order valence-corrected chi connectivity index (χ2v) is 13.7. The number of alkyl halides is 3. The van der Waals surface area contributed by atoms with Crippen LogP contribution in [0.15, 0.2) is 59.5 Å². The van der Waals surface area contributed by atoms with Crippen LogP contribution in [-0.4, -0.2) is 90.5 Å². The Labute approximate surface area is 280 Å². The summed E-state index contributed by atoms with van der Waals surface area (Å²) in [5, 5.41) is 0.125. The molecule has 0 spiro atoms. The number of carbonyl (C=O) groups excluding carboxylic acids is 2. The number of halogens is 4. The van der Waals surface area contributed by atoms with Crippen LogP contribution in [0.1, 0.15) is 23.1 Å². The smallest absolute Gasteiger partial charge is 0.497 e. The minimum Gasteiger partial charge on any atom is -0.497 e. The lowest BCUT2D eigenvalue weighted by Gasteiger charge is -2.42. The molecule has 0 bridgehead atoms. The Balaban J connectivity index is 1.88. The predicted octanol–water partition coefficient (Wildman–Crippen LogP) is 4.72. The summed E-state index contributed by atoms with van der Waals surface area (Å²) in [6.45, 7) is 1.74. The number of aryl methyl sites for hydroxylation is 1. The fraction of sp³-hybridized carbons (Fsp3) is 0.375. The molecule has 3 aromatic rings. The van der Waals surface area contributed by atoms with Gasteiger partial charge in [0.1, 0.15) is 16.4 Å². The van der Waals surface area contributed by atoms with Crippen LogP contribution in [0.25, 0.3) is 0 Å². The van der Waals surface area contributed by atoms with Crippen molar-refractivity contribution in [1.82, 2.24) is 9.80 Å². The Morgan fingerprint density at radius 2 is 1.69 bits per heavy atom. The normalized spacial score (nSPS) is 21.3. The van der Waals surface area contributed by atoms with Gasteiger partial charge in [-0.1, -0.05) is 23.2 Å². The molecule has 0 radical (unpaired) electrons. The van der Waals surface area contributed by atoms with Gasteiger partial charge in [0.15, 0.2) is 11.3 Å². The number of likely N-dealkylation sites (N-methyl/N-ethyl adjacent to an activating group) is 1. The first-order chi connectivity index (χ1) is 22.5. The number of sulfonamides is 1. The maximum absolute atomic E-state index is 15.4. The number of carbonyl (C=O) groups is 2. The molecule has 11 nitrogen and oxygen atoms in total. The van der Waals surface area contributed by atoms with Gasteiger partial charge in [-0.25, -0.2) is 12.7 Å². The molecule has 0 N–H and O–H groups in total. The number of methoxy groups -OCH3 is 3. The van der Waals surface area contributed by atoms with E-state index in [0.717, 1.165) is 18.2 Å². The Morgan fingerprint density at radius 3 is 2.29 bits per heavy atom. The fourth-order valence-electron chi connectivity index (χ4n) is 6.38. The van der Waals surface area contributed by atoms with E-state index in [1.165, 1.54) is 44.4 Å². The summed E-state index contributed by atoms with van der Waals surface area (Å²) in [5.41, 5.74) is -1.39. The maximum atomic E-state index is 15.4. The Hall–Kier alpha value is -4.05. The van der Waals surface area contributed by atoms with Crippen LogP contribution in [0.5, 0.6) is 17.2 Å². The van der Waals surface area contributed by atoms with E-state index in [1.54, 1.807) is 44.1 Å². The fourth-order valence-corrected chi connectivity index (χ4v) is 8.12. The van der Waals surface area contributed by atoms with Gasteiger partial charge in [-0.15, -0.1) is 13.2 Å². The van der Waals surface area contributed by atoms with Crippen molar-refractivity contribution in [3.05, 3.63) is 76.3 Å². The summed E-state index contributed by atoms with van der Waals surface area (Å²) in [4.78, 5) is 31.1. The van der Waals surface area contributed by atoms with Crippen LogP contribution in [0.3, 0.4) is 0 Å². The van der Waals surface area contributed by atoms with E-state index >= 15 is 4.79 Å². The minimum atomic E-state index is -5.29. The summed E-state index contributed by atoms with van der Waals surface area (Å²) in [6, 6.07) is 10.8. The number of nitrogens with zero attached hydrogens (tertiary/aromatic N) is 3. The predicted molar refractivity (Wildman–Crippen MR) is 169 cm³/mol. The minimum absolute atomic E-state index is 0.0194. The average Bonchev–Trinajstić information content (AvgIpc) is 3.56. The van der Waals surface area contributed by atoms with Gasteiger partial charge in [0.2, 0.25) is 5.91 Å². The van der Waals surface area contributed by atoms with Crippen molar-refractivity contribution in [3.8, 4) is 17.2 Å². The maximum Gasteiger partial charge on any atom is 0.573 e. The number of anilines is 1. The summed E-state index contributed by atoms with van der Waals surface area (Å²) >= 11 is 6.53. The highest BCUT2D eigenvalue weighted by Crippen LogP contribution is 2.55. The molecule has 3 aromatic carbocycles. The topological polar surface area (TPSA) is 115 Å². The number of benzene rings is 3. The Bertz CT molecular complexity index is 1870. The molecule has 2 amide bonds. The zero-order valence-corrected chi connectivity index (χ0v) is 28.4. The summed E-state index contributed by atoms with van der Waals surface area (Å²) < 4.78 is 91.0. The van der Waals surface area contributed by atoms with Gasteiger partial charge in [-0.05, 0) is 55.8 Å². The van der Waals surface area contributed by atoms with Gasteiger partial charge in [-0.2, -0.15) is 0 Å². The number of ether oxygens (including phenoxy) is 4. The van der Waals surface area contributed by atoms with Crippen molar-refractivity contribution in [2.24, 2.45) is 0 Å². The molecule has 16 heteroatoms. The molecule has 1 unspecified atom stereocenters. The second kappa shape index (κ2) is 12.8. The molecule has 0 saturated carbocycles. The van der Waals surface area contributed by atoms with Crippen LogP contribution in [0, 0.1) is 6.92 Å². The highest BCUT2D eigenvalue weighted by atomic mass is 35.5. The lowest BCUT2D eigenvalue weighted by Crippen LogP contribution is -2.59. The molecule has 3 atom stereocenters. The standard InChI is InChI=1S/C32H33ClF3N3O8S/c1-18-7-11-26(46-6)23(13-18)31(38-17-21(45-5)15-25(38)29(40)37(2)3)22-14-19(33)8-10-24(22)39(30(31)41)48(42,43)28-12-9-20(44-4)16-27(28)47-32(34,35)36/h7-14,16,21,25H,15,17H2,1-6H3/t21-,25+,31?/m1/s1. The van der Waals surface area contributed by atoms with Crippen molar-refractivity contribution in [3.63, 3.8) is 0 Å². The van der Waals surface area contributed by atoms with Crippen molar-refractivity contribution >= 4 is 39.1 Å². The summed E-state index contributed by atoms with van der Waals surface area (Å²) in [6.07, 6.45) is -5.72. The van der Waals surface area contributed by atoms with Crippen LogP contribution in [-0.2, 0) is 29.9 Å². The van der Waals surface area contributed by atoms with Crippen LogP contribution in [0.2, 0.25) is 5.02 Å². The first kappa shape index (κ1) is 35.3. The van der Waals surface area contributed by atoms with E-state index in [-0.39, 0.29) is 46.3 Å². The van der Waals surface area contributed by atoms with Gasteiger partial charge in [0.25, 0.3) is 15.9 Å². The van der Waals surface area contributed by atoms with Gasteiger partial charge in [0.05, 0.1) is 32.1 Å². The molecule has 5 rings (SSSR count). The van der Waals surface area contributed by atoms with Crippen LogP contribution < -0.4 is 18.5 Å². The molecule has 2 aliphatic heterocycles. The molecular formula is C32H33ClF3N3O8S. The number of amides is 2. The first-order valence-electron chi connectivity index (χ1n) is 14.5. The number of likely N-dealkylation sites (tertiary alicyclic amines) is 1. The monoisotopic (exact) mass is 711 g/mol. The third-order valence-corrected chi connectivity index (χ3v) is 10.4. The molecule has 0 aliphatic carbocycles. The second-order valence-electron chi connectivity index (χ2n) is 11.5. The molecule has 48 heavy (non-hydrogen) atoms. The molecule has 1 saturated heterocycles. The van der Waals surface area contributed by atoms with Crippen LogP contribution >= 0.6 is 11.6 Å². The summed E-state index contributed by atoms with van der Waals surface area (Å²) in [5.74, 6) is -2.56. The highest BCUT2D eigenvalue weighted by molar-refractivity contribution is 7.93. The number of hydrogen-bond acceptors (Lipinski definition) is 9. The Kier molecular flexibility index (Phi) is 9.38. The van der Waals surface area contributed by atoms with E-state index < -0.39 is 56.5 Å². The SMILES string of the molecule is COc1ccc(S(=O)(=O)N2C(=O)C(c3cc(C)ccc3OC)(N3C[C@H](OC)C[C@H]3C(=O)N(C)C)c3cc(Cl)ccc32)c(OC(F)(F)F)c1. The molecule has 2 heterocycles. The number of hydrogen-bond donors (Lipinski definition) is 0. The van der Waals surface area contributed by atoms with Gasteiger partial charge >= 0.3 is 6.36 Å². The van der Waals surface area contributed by atoms with Gasteiger partial charge in [0, 0.05) is 50.0 Å². The van der Waals surface area contributed by atoms with Crippen molar-refractivity contribution in [2.45, 2.75) is 42.3 Å². The Morgan fingerprint density at radius 1 is 0.979 bits per heavy atom. The van der Waals surface area contributed by atoms with E-state index in [4.69, 9.17) is 25.8 Å². The van der Waals surface area contributed by atoms with E-state index in [2.05, 4.69) is 4.74 Å². The molecular weight excluding hydrogens is 679 g/mol. The summed E-state index contributed by atoms with van der Waals surface area (Å²) in [7, 11) is 1.91. The quantitative estimate of drug-likeness (QED) is 0.311. The zero-order chi connectivity index (χ0) is 35.3. The number of fused-ring (bicyclic) bond motifs is 1. The van der Waals surface area contributed by atoms with Crippen molar-refractivity contribution < 1.29 is 50.1 Å². The van der Waals surface area contributed by atoms with Gasteiger partial charge < -0.3 is 23.8 Å². The number of rotatable bonds is 9. The lowest BCUT2D eigenvalue weighted by molar-refractivity contribution is -0.275. The van der Waals surface area contributed by atoms with Crippen LogP contribution in [0.4, 0.5) is 18.9 Å². The third-order valence-electron chi connectivity index (χ3n) is 8.45. The van der Waals surface area contributed by atoms with Crippen molar-refractivity contribution in [2.75, 3.05) is 46.3 Å². The highest BCUT2D eigenvalue weighted by Gasteiger charge is 2.64. The van der Waals surface area contributed by atoms with E-state index in [1.807, 2.05) is 0 Å². The lowest BCUT2D eigenvalue weighted by atomic mass is 9.80. The van der Waals surface area contributed by atoms with Gasteiger partial charge in [-0.3, -0.25) is 14.5 Å². The average molecular weight is 712 g/mol. The molecule has 2 aliphatic rings. The molecule has 1 fully saturated rings. The molecule has 0 aromatic heterocycles. The largest absolute Gasteiger partial charge is 0.573 e. The first-order valence-corrected chi connectivity index (χ1v) is 16.3. The van der Waals surface area contributed by atoms with E-state index in [0.29, 0.717) is 9.87 Å².